The third-order valence-electron chi connectivity index (χ3n) is 4.11. The molecule has 0 radical (unpaired) electrons. The number of carbonyl (C=O) groups excluding carboxylic acids is 1. The van der Waals surface area contributed by atoms with Crippen LogP contribution in [0.25, 0.3) is 0 Å². The van der Waals surface area contributed by atoms with Gasteiger partial charge in [-0.3, -0.25) is 4.79 Å². The van der Waals surface area contributed by atoms with E-state index in [-0.39, 0.29) is 24.4 Å². The number of nitrogens with zero attached hydrogens (tertiary/aromatic N) is 1. The van der Waals surface area contributed by atoms with Crippen molar-refractivity contribution >= 4 is 30.1 Å². The van der Waals surface area contributed by atoms with E-state index in [1.54, 1.807) is 11.8 Å². The van der Waals surface area contributed by atoms with Gasteiger partial charge in [-0.15, -0.1) is 24.2 Å². The van der Waals surface area contributed by atoms with E-state index in [1.165, 1.54) is 10.5 Å². The molecule has 3 rings (SSSR count). The average molecular weight is 363 g/mol. The monoisotopic (exact) mass is 362 g/mol. The fourth-order valence-corrected chi connectivity index (χ4v) is 3.60. The zero-order valence-corrected chi connectivity index (χ0v) is 15.4. The SMILES string of the molecule is C[C@@H]1CNCCN1C(=O)c1ccc(SCc2ccccc2)cc1.Cl. The predicted octanol–water partition coefficient (Wildman–Crippen LogP) is 3.83. The van der Waals surface area contributed by atoms with Crippen LogP contribution in [0.15, 0.2) is 59.5 Å². The molecule has 1 fully saturated rings. The van der Waals surface area contributed by atoms with Crippen LogP contribution in [0.4, 0.5) is 0 Å². The summed E-state index contributed by atoms with van der Waals surface area (Å²) in [6.07, 6.45) is 0. The first kappa shape index (κ1) is 18.8. The lowest BCUT2D eigenvalue weighted by molar-refractivity contribution is 0.0655. The minimum absolute atomic E-state index is 0. The number of piperazine rings is 1. The second-order valence-electron chi connectivity index (χ2n) is 5.85. The van der Waals surface area contributed by atoms with Crippen LogP contribution < -0.4 is 5.32 Å². The van der Waals surface area contributed by atoms with Gasteiger partial charge in [0.25, 0.3) is 5.91 Å². The summed E-state index contributed by atoms with van der Waals surface area (Å²) in [5.74, 6) is 1.08. The Morgan fingerprint density at radius 1 is 1.17 bits per heavy atom. The van der Waals surface area contributed by atoms with Crippen molar-refractivity contribution in [3.05, 3.63) is 65.7 Å². The van der Waals surface area contributed by atoms with Crippen molar-refractivity contribution in [3.63, 3.8) is 0 Å². The molecule has 2 aromatic carbocycles. The highest BCUT2D eigenvalue weighted by Gasteiger charge is 2.23. The molecule has 1 aliphatic heterocycles. The molecule has 0 aromatic heterocycles. The molecular weight excluding hydrogens is 340 g/mol. The zero-order valence-electron chi connectivity index (χ0n) is 13.8. The third-order valence-corrected chi connectivity index (χ3v) is 5.19. The van der Waals surface area contributed by atoms with Gasteiger partial charge in [0.05, 0.1) is 0 Å². The molecular formula is C19H23ClN2OS. The van der Waals surface area contributed by atoms with Gasteiger partial charge >= 0.3 is 0 Å². The van der Waals surface area contributed by atoms with Gasteiger partial charge in [0.1, 0.15) is 0 Å². The summed E-state index contributed by atoms with van der Waals surface area (Å²) in [6, 6.07) is 18.7. The maximum atomic E-state index is 12.6. The van der Waals surface area contributed by atoms with E-state index < -0.39 is 0 Å². The Kier molecular flexibility index (Phi) is 7.16. The molecule has 1 heterocycles. The van der Waals surface area contributed by atoms with E-state index in [0.717, 1.165) is 31.0 Å². The second kappa shape index (κ2) is 9.11. The summed E-state index contributed by atoms with van der Waals surface area (Å²) < 4.78 is 0. The number of amides is 1. The lowest BCUT2D eigenvalue weighted by Crippen LogP contribution is -2.52. The summed E-state index contributed by atoms with van der Waals surface area (Å²) in [7, 11) is 0. The fourth-order valence-electron chi connectivity index (χ4n) is 2.74. The molecule has 1 saturated heterocycles. The standard InChI is InChI=1S/C19H22N2OS.ClH/c1-15-13-20-11-12-21(15)19(22)17-7-9-18(10-8-17)23-14-16-5-3-2-4-6-16;/h2-10,15,20H,11-14H2,1H3;1H/t15-;/m1./s1. The van der Waals surface area contributed by atoms with Crippen molar-refractivity contribution in [2.24, 2.45) is 0 Å². The Morgan fingerprint density at radius 2 is 1.88 bits per heavy atom. The number of carbonyl (C=O) groups is 1. The number of hydrogen-bond acceptors (Lipinski definition) is 3. The second-order valence-corrected chi connectivity index (χ2v) is 6.90. The molecule has 24 heavy (non-hydrogen) atoms. The topological polar surface area (TPSA) is 32.3 Å². The summed E-state index contributed by atoms with van der Waals surface area (Å²) in [5.41, 5.74) is 2.09. The normalized spacial score (nSPS) is 17.2. The minimum Gasteiger partial charge on any atom is -0.333 e. The van der Waals surface area contributed by atoms with Crippen LogP contribution in [0.2, 0.25) is 0 Å². The zero-order chi connectivity index (χ0) is 16.1. The van der Waals surface area contributed by atoms with Crippen LogP contribution in [-0.2, 0) is 5.75 Å². The summed E-state index contributed by atoms with van der Waals surface area (Å²) in [5, 5.41) is 3.32. The average Bonchev–Trinajstić information content (AvgIpc) is 2.61. The fraction of sp³-hybridized carbons (Fsp3) is 0.316. The highest BCUT2D eigenvalue weighted by Crippen LogP contribution is 2.23. The van der Waals surface area contributed by atoms with E-state index >= 15 is 0 Å². The molecule has 0 saturated carbocycles. The summed E-state index contributed by atoms with van der Waals surface area (Å²) >= 11 is 1.80. The first-order chi connectivity index (χ1) is 11.2. The van der Waals surface area contributed by atoms with Gasteiger partial charge in [-0.25, -0.2) is 0 Å². The van der Waals surface area contributed by atoms with E-state index in [0.29, 0.717) is 0 Å². The molecule has 1 amide bonds. The number of rotatable bonds is 4. The molecule has 1 aliphatic rings. The summed E-state index contributed by atoms with van der Waals surface area (Å²) in [6.45, 7) is 4.62. The van der Waals surface area contributed by atoms with Gasteiger partial charge in [0.2, 0.25) is 0 Å². The van der Waals surface area contributed by atoms with Crippen molar-refractivity contribution in [3.8, 4) is 0 Å². The Labute approximate surface area is 154 Å². The Bertz CT molecular complexity index is 648. The van der Waals surface area contributed by atoms with Gasteiger partial charge in [0, 0.05) is 41.9 Å². The molecule has 0 bridgehead atoms. The smallest absolute Gasteiger partial charge is 0.254 e. The number of hydrogen-bond donors (Lipinski definition) is 1. The molecule has 128 valence electrons. The maximum Gasteiger partial charge on any atom is 0.254 e. The number of halogens is 1. The van der Waals surface area contributed by atoms with E-state index in [2.05, 4.69) is 36.5 Å². The van der Waals surface area contributed by atoms with Crippen molar-refractivity contribution in [2.45, 2.75) is 23.6 Å². The lowest BCUT2D eigenvalue weighted by Gasteiger charge is -2.34. The molecule has 3 nitrogen and oxygen atoms in total. The molecule has 1 N–H and O–H groups in total. The molecule has 2 aromatic rings. The lowest BCUT2D eigenvalue weighted by atomic mass is 10.1. The first-order valence-electron chi connectivity index (χ1n) is 8.02. The van der Waals surface area contributed by atoms with Crippen LogP contribution in [0.1, 0.15) is 22.8 Å². The minimum atomic E-state index is 0. The quantitative estimate of drug-likeness (QED) is 0.839. The van der Waals surface area contributed by atoms with Gasteiger partial charge in [-0.2, -0.15) is 0 Å². The summed E-state index contributed by atoms with van der Waals surface area (Å²) in [4.78, 5) is 15.7. The number of thioether (sulfide) groups is 1. The van der Waals surface area contributed by atoms with Gasteiger partial charge < -0.3 is 10.2 Å². The van der Waals surface area contributed by atoms with Crippen LogP contribution in [0.3, 0.4) is 0 Å². The number of benzene rings is 2. The van der Waals surface area contributed by atoms with Crippen LogP contribution >= 0.6 is 24.2 Å². The van der Waals surface area contributed by atoms with Crippen molar-refractivity contribution in [2.75, 3.05) is 19.6 Å². The van der Waals surface area contributed by atoms with Gasteiger partial charge in [-0.1, -0.05) is 30.3 Å². The van der Waals surface area contributed by atoms with Crippen LogP contribution in [0, 0.1) is 0 Å². The van der Waals surface area contributed by atoms with Crippen LogP contribution in [0.5, 0.6) is 0 Å². The predicted molar refractivity (Wildman–Crippen MR) is 103 cm³/mol. The van der Waals surface area contributed by atoms with Gasteiger partial charge in [-0.05, 0) is 36.8 Å². The first-order valence-corrected chi connectivity index (χ1v) is 9.01. The molecule has 0 unspecified atom stereocenters. The van der Waals surface area contributed by atoms with Crippen molar-refractivity contribution < 1.29 is 4.79 Å². The highest BCUT2D eigenvalue weighted by atomic mass is 35.5. The van der Waals surface area contributed by atoms with E-state index in [4.69, 9.17) is 0 Å². The molecule has 1 atom stereocenters. The van der Waals surface area contributed by atoms with Gasteiger partial charge in [0.15, 0.2) is 0 Å². The Balaban J connectivity index is 0.00000208. The third kappa shape index (κ3) is 4.76. The molecule has 0 aliphatic carbocycles. The maximum absolute atomic E-state index is 12.6. The Morgan fingerprint density at radius 3 is 2.54 bits per heavy atom. The number of nitrogens with one attached hydrogen (secondary N) is 1. The largest absolute Gasteiger partial charge is 0.333 e. The van der Waals surface area contributed by atoms with E-state index in [9.17, 15) is 4.79 Å². The molecule has 5 heteroatoms. The van der Waals surface area contributed by atoms with Crippen molar-refractivity contribution in [1.82, 2.24) is 10.2 Å². The molecule has 0 spiro atoms. The highest BCUT2D eigenvalue weighted by molar-refractivity contribution is 7.98. The Hall–Kier alpha value is -1.49. The van der Waals surface area contributed by atoms with Crippen molar-refractivity contribution in [1.29, 1.82) is 0 Å². The van der Waals surface area contributed by atoms with Crippen LogP contribution in [-0.4, -0.2) is 36.5 Å². The van der Waals surface area contributed by atoms with E-state index in [1.807, 2.05) is 35.2 Å².